The molecule has 2 aromatic carbocycles. The monoisotopic (exact) mass is 229 g/mol. The third-order valence-electron chi connectivity index (χ3n) is 2.50. The van der Waals surface area contributed by atoms with E-state index in [9.17, 15) is 0 Å². The van der Waals surface area contributed by atoms with Crippen LogP contribution in [-0.2, 0) is 0 Å². The minimum atomic E-state index is 0.719. The molecular weight excluding hydrogens is 222 g/mol. The molecule has 78 valence electrons. The normalized spacial score (nSPS) is 10.8. The van der Waals surface area contributed by atoms with Crippen LogP contribution in [0.4, 0.5) is 0 Å². The van der Waals surface area contributed by atoms with Crippen LogP contribution in [0.1, 0.15) is 0 Å². The largest absolute Gasteiger partial charge is 0.356 e. The van der Waals surface area contributed by atoms with Gasteiger partial charge >= 0.3 is 0 Å². The fourth-order valence-corrected chi connectivity index (χ4v) is 1.83. The molecule has 16 heavy (non-hydrogen) atoms. The molecule has 0 unspecified atom stereocenters. The van der Waals surface area contributed by atoms with Crippen molar-refractivity contribution in [3.05, 3.63) is 53.6 Å². The molecule has 0 spiro atoms. The molecular formula is C13H8ClNO. The molecule has 3 rings (SSSR count). The van der Waals surface area contributed by atoms with Gasteiger partial charge in [0.25, 0.3) is 0 Å². The number of hydrogen-bond donors (Lipinski definition) is 0. The SMILES string of the molecule is Clc1ccc(-c2noc3ccccc23)cc1. The maximum atomic E-state index is 5.85. The quantitative estimate of drug-likeness (QED) is 0.627. The first-order valence-corrected chi connectivity index (χ1v) is 5.33. The summed E-state index contributed by atoms with van der Waals surface area (Å²) in [4.78, 5) is 0. The molecule has 0 amide bonds. The molecule has 0 atom stereocenters. The van der Waals surface area contributed by atoms with Gasteiger partial charge in [-0.25, -0.2) is 0 Å². The van der Waals surface area contributed by atoms with Gasteiger partial charge in [-0.2, -0.15) is 0 Å². The van der Waals surface area contributed by atoms with Gasteiger partial charge in [-0.3, -0.25) is 0 Å². The lowest BCUT2D eigenvalue weighted by Crippen LogP contribution is -1.77. The summed E-state index contributed by atoms with van der Waals surface area (Å²) in [5, 5.41) is 5.81. The van der Waals surface area contributed by atoms with Crippen LogP contribution in [0.2, 0.25) is 5.02 Å². The van der Waals surface area contributed by atoms with E-state index in [0.29, 0.717) is 0 Å². The summed E-state index contributed by atoms with van der Waals surface area (Å²) in [5.74, 6) is 0. The van der Waals surface area contributed by atoms with Crippen molar-refractivity contribution in [2.45, 2.75) is 0 Å². The lowest BCUT2D eigenvalue weighted by molar-refractivity contribution is 0.459. The van der Waals surface area contributed by atoms with Gasteiger partial charge < -0.3 is 4.52 Å². The second-order valence-electron chi connectivity index (χ2n) is 3.53. The van der Waals surface area contributed by atoms with Gasteiger partial charge in [0.1, 0.15) is 5.69 Å². The summed E-state index contributed by atoms with van der Waals surface area (Å²) in [7, 11) is 0. The third kappa shape index (κ3) is 1.48. The highest BCUT2D eigenvalue weighted by atomic mass is 35.5. The summed E-state index contributed by atoms with van der Waals surface area (Å²) >= 11 is 5.85. The highest BCUT2D eigenvalue weighted by Crippen LogP contribution is 2.28. The van der Waals surface area contributed by atoms with Gasteiger partial charge in [0.15, 0.2) is 5.58 Å². The maximum absolute atomic E-state index is 5.85. The van der Waals surface area contributed by atoms with Crippen LogP contribution in [0, 0.1) is 0 Å². The number of nitrogens with zero attached hydrogens (tertiary/aromatic N) is 1. The first kappa shape index (κ1) is 9.43. The third-order valence-corrected chi connectivity index (χ3v) is 2.75. The molecule has 0 aliphatic rings. The van der Waals surface area contributed by atoms with E-state index in [0.717, 1.165) is 27.2 Å². The fourth-order valence-electron chi connectivity index (χ4n) is 1.70. The van der Waals surface area contributed by atoms with Crippen LogP contribution in [0.3, 0.4) is 0 Å². The standard InChI is InChI=1S/C13H8ClNO/c14-10-7-5-9(6-8-10)13-11-3-1-2-4-12(11)16-15-13/h1-8H. The Morgan fingerprint density at radius 2 is 1.69 bits per heavy atom. The van der Waals surface area contributed by atoms with E-state index in [-0.39, 0.29) is 0 Å². The molecule has 0 aliphatic carbocycles. The minimum absolute atomic E-state index is 0.719. The second-order valence-corrected chi connectivity index (χ2v) is 3.97. The molecule has 2 nitrogen and oxygen atoms in total. The fraction of sp³-hybridized carbons (Fsp3) is 0. The molecule has 0 saturated heterocycles. The number of benzene rings is 2. The lowest BCUT2D eigenvalue weighted by atomic mass is 10.1. The van der Waals surface area contributed by atoms with Crippen molar-refractivity contribution in [3.63, 3.8) is 0 Å². The number of fused-ring (bicyclic) bond motifs is 1. The highest BCUT2D eigenvalue weighted by molar-refractivity contribution is 6.30. The van der Waals surface area contributed by atoms with Crippen molar-refractivity contribution in [2.24, 2.45) is 0 Å². The Morgan fingerprint density at radius 1 is 0.938 bits per heavy atom. The van der Waals surface area contributed by atoms with Crippen molar-refractivity contribution in [1.82, 2.24) is 5.16 Å². The topological polar surface area (TPSA) is 26.0 Å². The van der Waals surface area contributed by atoms with Crippen LogP contribution in [0.5, 0.6) is 0 Å². The molecule has 0 fully saturated rings. The summed E-state index contributed by atoms with van der Waals surface area (Å²) in [6.45, 7) is 0. The average molecular weight is 230 g/mol. The number of halogens is 1. The van der Waals surface area contributed by atoms with E-state index in [1.54, 1.807) is 0 Å². The van der Waals surface area contributed by atoms with Gasteiger partial charge in [0.05, 0.1) is 0 Å². The summed E-state index contributed by atoms with van der Waals surface area (Å²) in [6, 6.07) is 15.4. The van der Waals surface area contributed by atoms with Crippen LogP contribution < -0.4 is 0 Å². The molecule has 0 saturated carbocycles. The molecule has 1 aromatic heterocycles. The molecule has 1 heterocycles. The zero-order valence-corrected chi connectivity index (χ0v) is 9.11. The summed E-state index contributed by atoms with van der Waals surface area (Å²) < 4.78 is 5.25. The van der Waals surface area contributed by atoms with Gasteiger partial charge in [-0.15, -0.1) is 0 Å². The van der Waals surface area contributed by atoms with E-state index < -0.39 is 0 Å². The number of rotatable bonds is 1. The van der Waals surface area contributed by atoms with Crippen molar-refractivity contribution < 1.29 is 4.52 Å². The highest BCUT2D eigenvalue weighted by Gasteiger charge is 2.08. The Kier molecular flexibility index (Phi) is 2.15. The summed E-state index contributed by atoms with van der Waals surface area (Å²) in [6.07, 6.45) is 0. The Labute approximate surface area is 97.4 Å². The lowest BCUT2D eigenvalue weighted by Gasteiger charge is -1.96. The Balaban J connectivity index is 2.22. The van der Waals surface area contributed by atoms with E-state index in [4.69, 9.17) is 16.1 Å². The van der Waals surface area contributed by atoms with Crippen molar-refractivity contribution in [2.75, 3.05) is 0 Å². The van der Waals surface area contributed by atoms with Crippen LogP contribution in [-0.4, -0.2) is 5.16 Å². The molecule has 0 bridgehead atoms. The van der Waals surface area contributed by atoms with Crippen LogP contribution >= 0.6 is 11.6 Å². The number of para-hydroxylation sites is 1. The van der Waals surface area contributed by atoms with E-state index in [1.807, 2.05) is 48.5 Å². The van der Waals surface area contributed by atoms with Gasteiger partial charge in [0, 0.05) is 16.0 Å². The molecule has 0 aliphatic heterocycles. The van der Waals surface area contributed by atoms with E-state index in [2.05, 4.69) is 5.16 Å². The smallest absolute Gasteiger partial charge is 0.167 e. The molecule has 3 heteroatoms. The van der Waals surface area contributed by atoms with Crippen molar-refractivity contribution in [1.29, 1.82) is 0 Å². The van der Waals surface area contributed by atoms with E-state index in [1.165, 1.54) is 0 Å². The first-order chi connectivity index (χ1) is 7.84. The minimum Gasteiger partial charge on any atom is -0.356 e. The van der Waals surface area contributed by atoms with Crippen LogP contribution in [0.25, 0.3) is 22.2 Å². The first-order valence-electron chi connectivity index (χ1n) is 4.95. The van der Waals surface area contributed by atoms with Crippen LogP contribution in [0.15, 0.2) is 53.1 Å². The maximum Gasteiger partial charge on any atom is 0.167 e. The summed E-state index contributed by atoms with van der Waals surface area (Å²) in [5.41, 5.74) is 2.66. The zero-order valence-electron chi connectivity index (χ0n) is 8.35. The van der Waals surface area contributed by atoms with Crippen molar-refractivity contribution >= 4 is 22.6 Å². The number of hydrogen-bond acceptors (Lipinski definition) is 2. The van der Waals surface area contributed by atoms with Gasteiger partial charge in [-0.1, -0.05) is 41.0 Å². The number of aromatic nitrogens is 1. The van der Waals surface area contributed by atoms with Gasteiger partial charge in [0.2, 0.25) is 0 Å². The second kappa shape index (κ2) is 3.65. The Hall–Kier alpha value is -1.80. The Bertz CT molecular complexity index is 628. The predicted molar refractivity (Wildman–Crippen MR) is 64.5 cm³/mol. The average Bonchev–Trinajstić information content (AvgIpc) is 2.74. The van der Waals surface area contributed by atoms with Gasteiger partial charge in [-0.05, 0) is 24.3 Å². The Morgan fingerprint density at radius 3 is 2.50 bits per heavy atom. The molecule has 0 N–H and O–H groups in total. The predicted octanol–water partition coefficient (Wildman–Crippen LogP) is 4.15. The zero-order chi connectivity index (χ0) is 11.0. The molecule has 3 aromatic rings. The van der Waals surface area contributed by atoms with Crippen molar-refractivity contribution in [3.8, 4) is 11.3 Å². The van der Waals surface area contributed by atoms with E-state index >= 15 is 0 Å². The molecule has 0 radical (unpaired) electrons.